The Morgan fingerprint density at radius 1 is 1.47 bits per heavy atom. The van der Waals surface area contributed by atoms with Crippen molar-refractivity contribution in [3.63, 3.8) is 0 Å². The maximum atomic E-state index is 11.8. The molecule has 1 aromatic carbocycles. The van der Waals surface area contributed by atoms with E-state index < -0.39 is 0 Å². The quantitative estimate of drug-likeness (QED) is 0.633. The molecule has 0 saturated heterocycles. The first-order chi connectivity index (χ1) is 8.02. The average Bonchev–Trinajstić information content (AvgIpc) is 2.35. The predicted octanol–water partition coefficient (Wildman–Crippen LogP) is 1.83. The van der Waals surface area contributed by atoms with Crippen LogP contribution in [0.3, 0.4) is 0 Å². The number of amides is 1. The molecule has 1 rings (SSSR count). The summed E-state index contributed by atoms with van der Waals surface area (Å²) in [7, 11) is 1.76. The first kappa shape index (κ1) is 13.6. The van der Waals surface area contributed by atoms with E-state index in [9.17, 15) is 4.79 Å². The van der Waals surface area contributed by atoms with Crippen LogP contribution in [0.25, 0.3) is 0 Å². The zero-order valence-corrected chi connectivity index (χ0v) is 10.8. The van der Waals surface area contributed by atoms with Crippen LogP contribution in [0.15, 0.2) is 30.3 Å². The number of hydrogen-bond donors (Lipinski definition) is 2. The van der Waals surface area contributed by atoms with Crippen molar-refractivity contribution in [1.29, 1.82) is 5.41 Å². The number of nitrogens with zero attached hydrogens (tertiary/aromatic N) is 1. The summed E-state index contributed by atoms with van der Waals surface area (Å²) < 4.78 is 0. The number of carbonyl (C=O) groups is 1. The van der Waals surface area contributed by atoms with Crippen LogP contribution in [0.4, 0.5) is 0 Å². The maximum absolute atomic E-state index is 11.8. The van der Waals surface area contributed by atoms with E-state index in [-0.39, 0.29) is 22.9 Å². The van der Waals surface area contributed by atoms with Gasteiger partial charge in [0, 0.05) is 7.05 Å². The molecule has 0 bridgehead atoms. The zero-order valence-electron chi connectivity index (χ0n) is 10.0. The summed E-state index contributed by atoms with van der Waals surface area (Å²) in [5.74, 6) is 0.185. The third-order valence-electron chi connectivity index (χ3n) is 2.61. The van der Waals surface area contributed by atoms with Crippen molar-refractivity contribution in [3.05, 3.63) is 35.9 Å². The monoisotopic (exact) mass is 251 g/mol. The van der Waals surface area contributed by atoms with Gasteiger partial charge in [-0.3, -0.25) is 10.2 Å². The highest BCUT2D eigenvalue weighted by Crippen LogP contribution is 2.18. The summed E-state index contributed by atoms with van der Waals surface area (Å²) in [6.45, 7) is 1.98. The number of hydrogen-bond acceptors (Lipinski definition) is 3. The van der Waals surface area contributed by atoms with Crippen LogP contribution in [0.5, 0.6) is 0 Å². The van der Waals surface area contributed by atoms with E-state index in [1.165, 1.54) is 0 Å². The lowest BCUT2D eigenvalue weighted by molar-refractivity contribution is -0.128. The summed E-state index contributed by atoms with van der Waals surface area (Å²) in [6.07, 6.45) is 0. The van der Waals surface area contributed by atoms with Crippen LogP contribution < -0.4 is 5.73 Å². The molecule has 17 heavy (non-hydrogen) atoms. The van der Waals surface area contributed by atoms with Crippen molar-refractivity contribution in [2.24, 2.45) is 5.73 Å². The van der Waals surface area contributed by atoms with Crippen molar-refractivity contribution in [1.82, 2.24) is 4.90 Å². The summed E-state index contributed by atoms with van der Waals surface area (Å²) in [6, 6.07) is 9.86. The molecule has 0 aliphatic carbocycles. The second-order valence-electron chi connectivity index (χ2n) is 3.74. The minimum atomic E-state index is -0.0286. The Hall–Kier alpha value is -1.49. The topological polar surface area (TPSA) is 70.2 Å². The van der Waals surface area contributed by atoms with Crippen LogP contribution >= 0.6 is 11.8 Å². The molecule has 0 aromatic heterocycles. The molecule has 1 aromatic rings. The van der Waals surface area contributed by atoms with Gasteiger partial charge in [0.05, 0.1) is 11.8 Å². The second-order valence-corrected chi connectivity index (χ2v) is 4.76. The molecular formula is C12H17N3OS. The zero-order chi connectivity index (χ0) is 12.8. The number of rotatable bonds is 4. The Morgan fingerprint density at radius 3 is 2.59 bits per heavy atom. The van der Waals surface area contributed by atoms with Crippen LogP contribution in [0.1, 0.15) is 18.5 Å². The fraction of sp³-hybridized carbons (Fsp3) is 0.333. The predicted molar refractivity (Wildman–Crippen MR) is 72.0 cm³/mol. The lowest BCUT2D eigenvalue weighted by Crippen LogP contribution is -2.31. The highest BCUT2D eigenvalue weighted by Gasteiger charge is 2.17. The molecule has 0 aliphatic rings. The summed E-state index contributed by atoms with van der Waals surface area (Å²) >= 11 is 1.05. The minimum absolute atomic E-state index is 0.0243. The van der Waals surface area contributed by atoms with Gasteiger partial charge in [-0.2, -0.15) is 0 Å². The molecular weight excluding hydrogens is 234 g/mol. The van der Waals surface area contributed by atoms with E-state index in [1.54, 1.807) is 11.9 Å². The number of nitrogens with one attached hydrogen (secondary N) is 1. The highest BCUT2D eigenvalue weighted by molar-refractivity contribution is 8.14. The van der Waals surface area contributed by atoms with Gasteiger partial charge in [-0.25, -0.2) is 0 Å². The lowest BCUT2D eigenvalue weighted by atomic mass is 10.1. The maximum Gasteiger partial charge on any atom is 0.233 e. The van der Waals surface area contributed by atoms with E-state index in [0.29, 0.717) is 0 Å². The summed E-state index contributed by atoms with van der Waals surface area (Å²) in [4.78, 5) is 13.5. The van der Waals surface area contributed by atoms with E-state index in [4.69, 9.17) is 11.1 Å². The fourth-order valence-corrected chi connectivity index (χ4v) is 1.90. The molecule has 0 fully saturated rings. The number of thioether (sulfide) groups is 1. The SMILES string of the molecule is CC(c1ccccc1)N(C)C(=O)CSC(=N)N. The minimum Gasteiger partial charge on any atom is -0.379 e. The van der Waals surface area contributed by atoms with Gasteiger partial charge in [-0.15, -0.1) is 0 Å². The number of carbonyl (C=O) groups excluding carboxylic acids is 1. The third kappa shape index (κ3) is 4.11. The van der Waals surface area contributed by atoms with Crippen LogP contribution in [0, 0.1) is 5.41 Å². The molecule has 4 nitrogen and oxygen atoms in total. The van der Waals surface area contributed by atoms with Crippen LogP contribution in [0.2, 0.25) is 0 Å². The Morgan fingerprint density at radius 2 is 2.06 bits per heavy atom. The molecule has 1 unspecified atom stereocenters. The molecule has 0 aliphatic heterocycles. The molecule has 3 N–H and O–H groups in total. The van der Waals surface area contributed by atoms with Crippen LogP contribution in [-0.2, 0) is 4.79 Å². The Balaban J connectivity index is 2.60. The largest absolute Gasteiger partial charge is 0.379 e. The highest BCUT2D eigenvalue weighted by atomic mass is 32.2. The molecule has 0 saturated carbocycles. The Labute approximate surface area is 106 Å². The summed E-state index contributed by atoms with van der Waals surface area (Å²) in [5, 5.41) is 7.04. The Bertz CT molecular complexity index is 394. The smallest absolute Gasteiger partial charge is 0.233 e. The Kier molecular flexibility index (Phi) is 5.03. The van der Waals surface area contributed by atoms with Gasteiger partial charge in [0.15, 0.2) is 5.17 Å². The first-order valence-corrected chi connectivity index (χ1v) is 6.28. The van der Waals surface area contributed by atoms with Crippen molar-refractivity contribution in [3.8, 4) is 0 Å². The van der Waals surface area contributed by atoms with E-state index >= 15 is 0 Å². The fourth-order valence-electron chi connectivity index (χ4n) is 1.41. The van der Waals surface area contributed by atoms with Crippen molar-refractivity contribution in [2.45, 2.75) is 13.0 Å². The van der Waals surface area contributed by atoms with Gasteiger partial charge < -0.3 is 10.6 Å². The second kappa shape index (κ2) is 6.30. The van der Waals surface area contributed by atoms with Crippen LogP contribution in [-0.4, -0.2) is 28.8 Å². The number of nitrogens with two attached hydrogens (primary N) is 1. The van der Waals surface area contributed by atoms with E-state index in [2.05, 4.69) is 0 Å². The van der Waals surface area contributed by atoms with Gasteiger partial charge >= 0.3 is 0 Å². The van der Waals surface area contributed by atoms with Gasteiger partial charge in [-0.05, 0) is 12.5 Å². The number of benzene rings is 1. The molecule has 1 atom stereocenters. The molecule has 0 radical (unpaired) electrons. The normalized spacial score (nSPS) is 11.9. The molecule has 1 amide bonds. The van der Waals surface area contributed by atoms with Gasteiger partial charge in [-0.1, -0.05) is 42.1 Å². The summed E-state index contributed by atoms with van der Waals surface area (Å²) in [5.41, 5.74) is 6.30. The van der Waals surface area contributed by atoms with Gasteiger partial charge in [0.25, 0.3) is 0 Å². The third-order valence-corrected chi connectivity index (χ3v) is 3.31. The van der Waals surface area contributed by atoms with Gasteiger partial charge in [0.2, 0.25) is 5.91 Å². The van der Waals surface area contributed by atoms with E-state index in [0.717, 1.165) is 17.3 Å². The number of amidine groups is 1. The van der Waals surface area contributed by atoms with E-state index in [1.807, 2.05) is 37.3 Å². The van der Waals surface area contributed by atoms with Crippen molar-refractivity contribution >= 4 is 22.8 Å². The van der Waals surface area contributed by atoms with Crippen molar-refractivity contribution in [2.75, 3.05) is 12.8 Å². The molecule has 5 heteroatoms. The van der Waals surface area contributed by atoms with Gasteiger partial charge in [0.1, 0.15) is 0 Å². The lowest BCUT2D eigenvalue weighted by Gasteiger charge is -2.25. The molecule has 0 spiro atoms. The first-order valence-electron chi connectivity index (χ1n) is 5.29. The molecule has 0 heterocycles. The molecule has 92 valence electrons. The van der Waals surface area contributed by atoms with Crippen molar-refractivity contribution < 1.29 is 4.79 Å². The average molecular weight is 251 g/mol. The standard InChI is InChI=1S/C12H17N3OS/c1-9(10-6-4-3-5-7-10)15(2)11(16)8-17-12(13)14/h3-7,9H,8H2,1-2H3,(H3,13,14).